The molecule has 6 nitrogen and oxygen atoms in total. The molecule has 1 fully saturated rings. The Morgan fingerprint density at radius 1 is 1.25 bits per heavy atom. The molecule has 1 saturated heterocycles. The zero-order valence-electron chi connectivity index (χ0n) is 12.8. The van der Waals surface area contributed by atoms with Crippen LogP contribution in [0, 0.1) is 0 Å². The summed E-state index contributed by atoms with van der Waals surface area (Å²) in [4.78, 5) is 22.9. The molecule has 0 radical (unpaired) electrons. The molecule has 0 bridgehead atoms. The Hall–Kier alpha value is -1.96. The highest BCUT2D eigenvalue weighted by molar-refractivity contribution is 7.22. The van der Waals surface area contributed by atoms with Crippen LogP contribution in [0.2, 0.25) is 5.02 Å². The van der Waals surface area contributed by atoms with E-state index in [2.05, 4.69) is 9.88 Å². The predicted molar refractivity (Wildman–Crippen MR) is 95.3 cm³/mol. The first-order valence-electron chi connectivity index (χ1n) is 7.64. The topological polar surface area (TPSA) is 60.2 Å². The molecule has 2 aromatic heterocycles. The second-order valence-electron chi connectivity index (χ2n) is 5.52. The van der Waals surface area contributed by atoms with E-state index in [1.807, 2.05) is 28.8 Å². The van der Waals surface area contributed by atoms with Gasteiger partial charge >= 0.3 is 0 Å². The number of anilines is 1. The summed E-state index contributed by atoms with van der Waals surface area (Å²) >= 11 is 7.64. The van der Waals surface area contributed by atoms with E-state index in [9.17, 15) is 4.79 Å². The second-order valence-corrected chi connectivity index (χ2v) is 6.90. The van der Waals surface area contributed by atoms with Crippen LogP contribution >= 0.6 is 22.9 Å². The van der Waals surface area contributed by atoms with Crippen molar-refractivity contribution in [2.24, 2.45) is 0 Å². The van der Waals surface area contributed by atoms with Gasteiger partial charge in [-0.05, 0) is 11.6 Å². The third-order valence-corrected chi connectivity index (χ3v) is 5.42. The maximum absolute atomic E-state index is 12.1. The Kier molecular flexibility index (Phi) is 4.22. The van der Waals surface area contributed by atoms with Crippen molar-refractivity contribution in [3.05, 3.63) is 51.5 Å². The Morgan fingerprint density at radius 2 is 2.04 bits per heavy atom. The Morgan fingerprint density at radius 3 is 2.83 bits per heavy atom. The molecule has 0 spiro atoms. The summed E-state index contributed by atoms with van der Waals surface area (Å²) in [6, 6.07) is 7.64. The van der Waals surface area contributed by atoms with Gasteiger partial charge in [0.2, 0.25) is 0 Å². The first kappa shape index (κ1) is 15.6. The molecule has 0 aliphatic carbocycles. The first-order valence-corrected chi connectivity index (χ1v) is 8.84. The van der Waals surface area contributed by atoms with E-state index in [0.29, 0.717) is 35.1 Å². The van der Waals surface area contributed by atoms with Crippen molar-refractivity contribution >= 4 is 38.4 Å². The molecule has 0 amide bonds. The highest BCUT2D eigenvalue weighted by Crippen LogP contribution is 2.27. The smallest absolute Gasteiger partial charge is 0.292 e. The van der Waals surface area contributed by atoms with Gasteiger partial charge < -0.3 is 14.2 Å². The molecule has 0 N–H and O–H groups in total. The van der Waals surface area contributed by atoms with Crippen molar-refractivity contribution in [1.82, 2.24) is 14.5 Å². The van der Waals surface area contributed by atoms with E-state index in [4.69, 9.17) is 21.3 Å². The van der Waals surface area contributed by atoms with Crippen LogP contribution in [0.25, 0.3) is 10.3 Å². The van der Waals surface area contributed by atoms with Crippen molar-refractivity contribution in [2.45, 2.75) is 6.54 Å². The van der Waals surface area contributed by atoms with Crippen molar-refractivity contribution in [3.8, 4) is 0 Å². The SMILES string of the molecule is O=c1ncn(Cc2ccccc2Cl)c2nc(N3CCOCC3)sc12. The lowest BCUT2D eigenvalue weighted by Crippen LogP contribution is -2.36. The van der Waals surface area contributed by atoms with Gasteiger partial charge in [0.15, 0.2) is 10.8 Å². The number of aromatic nitrogens is 3. The fraction of sp³-hybridized carbons (Fsp3) is 0.312. The fourth-order valence-electron chi connectivity index (χ4n) is 2.69. The minimum atomic E-state index is -0.239. The minimum absolute atomic E-state index is 0.239. The summed E-state index contributed by atoms with van der Waals surface area (Å²) in [5, 5.41) is 1.53. The molecule has 24 heavy (non-hydrogen) atoms. The number of nitrogens with zero attached hydrogens (tertiary/aromatic N) is 4. The van der Waals surface area contributed by atoms with E-state index in [-0.39, 0.29) is 5.56 Å². The van der Waals surface area contributed by atoms with Crippen LogP contribution < -0.4 is 10.5 Å². The normalized spacial score (nSPS) is 15.1. The van der Waals surface area contributed by atoms with Crippen molar-refractivity contribution in [3.63, 3.8) is 0 Å². The van der Waals surface area contributed by atoms with Gasteiger partial charge in [-0.3, -0.25) is 4.79 Å². The van der Waals surface area contributed by atoms with Crippen LogP contribution in [0.4, 0.5) is 5.13 Å². The van der Waals surface area contributed by atoms with Gasteiger partial charge in [-0.25, -0.2) is 4.98 Å². The van der Waals surface area contributed by atoms with Crippen LogP contribution in [-0.2, 0) is 11.3 Å². The van der Waals surface area contributed by atoms with Gasteiger partial charge in [0.1, 0.15) is 11.0 Å². The summed E-state index contributed by atoms with van der Waals surface area (Å²) in [5.41, 5.74) is 1.38. The summed E-state index contributed by atoms with van der Waals surface area (Å²) in [6.07, 6.45) is 1.54. The lowest BCUT2D eigenvalue weighted by molar-refractivity contribution is 0.122. The number of morpholine rings is 1. The van der Waals surface area contributed by atoms with Crippen LogP contribution in [0.15, 0.2) is 35.4 Å². The first-order chi connectivity index (χ1) is 11.7. The average Bonchev–Trinajstić information content (AvgIpc) is 3.06. The zero-order valence-corrected chi connectivity index (χ0v) is 14.4. The van der Waals surface area contributed by atoms with E-state index in [1.165, 1.54) is 17.7 Å². The molecule has 1 aliphatic heterocycles. The third-order valence-electron chi connectivity index (χ3n) is 3.96. The molecule has 3 aromatic rings. The Bertz CT molecular complexity index is 933. The van der Waals surface area contributed by atoms with Gasteiger partial charge in [-0.15, -0.1) is 0 Å². The number of ether oxygens (including phenoxy) is 1. The molecule has 0 unspecified atom stereocenters. The number of benzene rings is 1. The minimum Gasteiger partial charge on any atom is -0.378 e. The van der Waals surface area contributed by atoms with Crippen molar-refractivity contribution < 1.29 is 4.74 Å². The van der Waals surface area contributed by atoms with Crippen LogP contribution in [0.3, 0.4) is 0 Å². The number of halogens is 1. The molecule has 3 heterocycles. The Balaban J connectivity index is 1.76. The summed E-state index contributed by atoms with van der Waals surface area (Å²) < 4.78 is 7.82. The Labute approximate surface area is 147 Å². The predicted octanol–water partition coefficient (Wildman–Crippen LogP) is 2.39. The van der Waals surface area contributed by atoms with E-state index < -0.39 is 0 Å². The van der Waals surface area contributed by atoms with Gasteiger partial charge in [-0.2, -0.15) is 4.98 Å². The quantitative estimate of drug-likeness (QED) is 0.716. The van der Waals surface area contributed by atoms with E-state index in [1.54, 1.807) is 0 Å². The fourth-order valence-corrected chi connectivity index (χ4v) is 3.90. The number of rotatable bonds is 3. The molecule has 8 heteroatoms. The van der Waals surface area contributed by atoms with Gasteiger partial charge in [-0.1, -0.05) is 41.1 Å². The summed E-state index contributed by atoms with van der Waals surface area (Å²) in [7, 11) is 0. The van der Waals surface area contributed by atoms with Crippen molar-refractivity contribution in [2.75, 3.05) is 31.2 Å². The molecule has 1 aliphatic rings. The molecule has 0 atom stereocenters. The highest BCUT2D eigenvalue weighted by Gasteiger charge is 2.18. The van der Waals surface area contributed by atoms with Crippen molar-refractivity contribution in [1.29, 1.82) is 0 Å². The molecule has 1 aromatic carbocycles. The lowest BCUT2D eigenvalue weighted by Gasteiger charge is -2.25. The maximum atomic E-state index is 12.1. The summed E-state index contributed by atoms with van der Waals surface area (Å²) in [6.45, 7) is 3.45. The molecule has 124 valence electrons. The average molecular weight is 363 g/mol. The number of hydrogen-bond acceptors (Lipinski definition) is 6. The zero-order chi connectivity index (χ0) is 16.5. The van der Waals surface area contributed by atoms with Crippen LogP contribution in [0.5, 0.6) is 0 Å². The standard InChI is InChI=1S/C16H15ClN4O2S/c17-12-4-2-1-3-11(12)9-21-10-18-15(22)13-14(21)19-16(24-13)20-5-7-23-8-6-20/h1-4,10H,5-9H2. The number of thiazole rings is 1. The monoisotopic (exact) mass is 362 g/mol. The maximum Gasteiger partial charge on any atom is 0.292 e. The second kappa shape index (κ2) is 6.51. The molecule has 4 rings (SSSR count). The lowest BCUT2D eigenvalue weighted by atomic mass is 10.2. The summed E-state index contributed by atoms with van der Waals surface area (Å²) in [5.74, 6) is 0. The highest BCUT2D eigenvalue weighted by atomic mass is 35.5. The molecular weight excluding hydrogens is 348 g/mol. The molecule has 0 saturated carbocycles. The largest absolute Gasteiger partial charge is 0.378 e. The van der Waals surface area contributed by atoms with Crippen LogP contribution in [0.1, 0.15) is 5.56 Å². The van der Waals surface area contributed by atoms with Gasteiger partial charge in [0.05, 0.1) is 19.8 Å². The number of hydrogen-bond donors (Lipinski definition) is 0. The molecular formula is C16H15ClN4O2S. The van der Waals surface area contributed by atoms with Gasteiger partial charge in [0, 0.05) is 18.1 Å². The van der Waals surface area contributed by atoms with E-state index >= 15 is 0 Å². The van der Waals surface area contributed by atoms with Crippen LogP contribution in [-0.4, -0.2) is 40.8 Å². The van der Waals surface area contributed by atoms with Gasteiger partial charge in [0.25, 0.3) is 5.56 Å². The number of fused-ring (bicyclic) bond motifs is 1. The third kappa shape index (κ3) is 2.90. The van der Waals surface area contributed by atoms with E-state index in [0.717, 1.165) is 23.8 Å².